The van der Waals surface area contributed by atoms with E-state index in [-0.39, 0.29) is 0 Å². The largest absolute Gasteiger partial charge is 0.457 e. The van der Waals surface area contributed by atoms with Crippen LogP contribution in [0.3, 0.4) is 0 Å². The van der Waals surface area contributed by atoms with Crippen molar-refractivity contribution >= 4 is 11.3 Å². The number of para-hydroxylation sites is 1. The second kappa shape index (κ2) is 9.91. The van der Waals surface area contributed by atoms with Gasteiger partial charge in [0.2, 0.25) is 0 Å². The zero-order chi connectivity index (χ0) is 24.5. The number of rotatable bonds is 5. The van der Waals surface area contributed by atoms with Crippen molar-refractivity contribution in [3.05, 3.63) is 72.7 Å². The van der Waals surface area contributed by atoms with Gasteiger partial charge in [0.1, 0.15) is 23.3 Å². The van der Waals surface area contributed by atoms with Crippen molar-refractivity contribution in [2.24, 2.45) is 0 Å². The molecule has 6 rings (SSSR count). The van der Waals surface area contributed by atoms with Gasteiger partial charge in [-0.3, -0.25) is 4.90 Å². The molecule has 0 bridgehead atoms. The van der Waals surface area contributed by atoms with Gasteiger partial charge in [-0.2, -0.15) is 5.10 Å². The van der Waals surface area contributed by atoms with Crippen LogP contribution in [0, 0.1) is 0 Å². The monoisotopic (exact) mass is 482 g/mol. The Kier molecular flexibility index (Phi) is 6.34. The summed E-state index contributed by atoms with van der Waals surface area (Å²) in [5.74, 6) is 2.61. The lowest BCUT2D eigenvalue weighted by Gasteiger charge is -2.41. The Morgan fingerprint density at radius 3 is 2.47 bits per heavy atom. The first-order valence-electron chi connectivity index (χ1n) is 13.1. The van der Waals surface area contributed by atoms with Gasteiger partial charge in [0.05, 0.1) is 0 Å². The average Bonchev–Trinajstić information content (AvgIpc) is 3.31. The third kappa shape index (κ3) is 4.56. The first kappa shape index (κ1) is 23.0. The van der Waals surface area contributed by atoms with E-state index >= 15 is 0 Å². The number of nitrogens with two attached hydrogens (primary N) is 1. The lowest BCUT2D eigenvalue weighted by atomic mass is 9.83. The van der Waals surface area contributed by atoms with Gasteiger partial charge in [-0.05, 0) is 68.5 Å². The van der Waals surface area contributed by atoms with Gasteiger partial charge >= 0.3 is 0 Å². The molecular weight excluding hydrogens is 448 g/mol. The Morgan fingerprint density at radius 1 is 0.972 bits per heavy atom. The minimum atomic E-state index is 0.470. The van der Waals surface area contributed by atoms with Crippen LogP contribution in [0.25, 0.3) is 16.6 Å². The molecule has 1 aliphatic carbocycles. The molecule has 1 saturated heterocycles. The molecule has 0 unspecified atom stereocenters. The predicted octanol–water partition coefficient (Wildman–Crippen LogP) is 5.09. The Bertz CT molecular complexity index is 1310. The quantitative estimate of drug-likeness (QED) is 0.412. The number of ether oxygens (including phenoxy) is 1. The summed E-state index contributed by atoms with van der Waals surface area (Å²) in [4.78, 5) is 7.01. The maximum Gasteiger partial charge on any atom is 0.151 e. The van der Waals surface area contributed by atoms with Gasteiger partial charge in [-0.1, -0.05) is 30.3 Å². The average molecular weight is 483 g/mol. The SMILES string of the molecule is C[C@H]1CN([C@H]2CC[C@@H](c3cc(-c4ccc(Oc5ccccc5)cc4)c4c(N)ncnn43)CC2)CCN1. The van der Waals surface area contributed by atoms with Crippen molar-refractivity contribution in [3.63, 3.8) is 0 Å². The van der Waals surface area contributed by atoms with E-state index in [4.69, 9.17) is 10.5 Å². The first-order valence-corrected chi connectivity index (χ1v) is 13.1. The number of benzene rings is 2. The molecular formula is C29H34N6O. The van der Waals surface area contributed by atoms with E-state index in [1.807, 2.05) is 47.0 Å². The zero-order valence-electron chi connectivity index (χ0n) is 20.8. The van der Waals surface area contributed by atoms with Crippen LogP contribution < -0.4 is 15.8 Å². The normalized spacial score (nSPS) is 23.1. The number of hydrogen-bond donors (Lipinski definition) is 2. The Labute approximate surface area is 212 Å². The number of nitrogen functional groups attached to an aromatic ring is 1. The van der Waals surface area contributed by atoms with Gasteiger partial charge in [-0.15, -0.1) is 0 Å². The van der Waals surface area contributed by atoms with E-state index in [0.717, 1.165) is 47.8 Å². The highest BCUT2D eigenvalue weighted by molar-refractivity contribution is 5.88. The lowest BCUT2D eigenvalue weighted by Crippen LogP contribution is -2.53. The Morgan fingerprint density at radius 2 is 1.72 bits per heavy atom. The smallest absolute Gasteiger partial charge is 0.151 e. The fourth-order valence-electron chi connectivity index (χ4n) is 5.96. The molecule has 3 N–H and O–H groups in total. The second-order valence-electron chi connectivity index (χ2n) is 10.2. The van der Waals surface area contributed by atoms with Crippen molar-refractivity contribution in [2.75, 3.05) is 25.4 Å². The fraction of sp³-hybridized carbons (Fsp3) is 0.379. The molecule has 2 aliphatic rings. The Hall–Kier alpha value is -3.42. The standard InChI is InChI=1S/C29H34N6O/c1-20-18-34(16-15-31-20)23-11-7-22(8-12-23)27-17-26(28-29(30)32-19-33-35(27)28)21-9-13-25(14-10-21)36-24-5-3-2-4-6-24/h2-6,9-10,13-14,17,19-20,22-23,31H,7-8,11-12,15-16,18H2,1H3,(H2,30,32,33)/t20-,22-,23+/m0/s1. The van der Waals surface area contributed by atoms with Crippen molar-refractivity contribution in [3.8, 4) is 22.6 Å². The van der Waals surface area contributed by atoms with Crippen molar-refractivity contribution in [2.45, 2.75) is 50.6 Å². The zero-order valence-corrected chi connectivity index (χ0v) is 20.8. The van der Waals surface area contributed by atoms with Crippen molar-refractivity contribution in [1.82, 2.24) is 24.8 Å². The van der Waals surface area contributed by atoms with E-state index in [0.29, 0.717) is 23.8 Å². The third-order valence-corrected chi connectivity index (χ3v) is 7.79. The van der Waals surface area contributed by atoms with Crippen LogP contribution in [0.15, 0.2) is 67.0 Å². The summed E-state index contributed by atoms with van der Waals surface area (Å²) in [6, 6.07) is 21.6. The molecule has 2 aromatic heterocycles. The van der Waals surface area contributed by atoms with Gasteiger partial charge < -0.3 is 15.8 Å². The summed E-state index contributed by atoms with van der Waals surface area (Å²) in [5.41, 5.74) is 10.7. The fourth-order valence-corrected chi connectivity index (χ4v) is 5.96. The number of aromatic nitrogens is 3. The predicted molar refractivity (Wildman–Crippen MR) is 143 cm³/mol. The minimum Gasteiger partial charge on any atom is -0.457 e. The molecule has 1 saturated carbocycles. The molecule has 7 nitrogen and oxygen atoms in total. The molecule has 1 atom stereocenters. The summed E-state index contributed by atoms with van der Waals surface area (Å²) >= 11 is 0. The van der Waals surface area contributed by atoms with E-state index in [1.165, 1.54) is 31.4 Å². The molecule has 0 amide bonds. The van der Waals surface area contributed by atoms with Crippen LogP contribution in [0.1, 0.15) is 44.2 Å². The highest BCUT2D eigenvalue weighted by Gasteiger charge is 2.31. The number of nitrogens with one attached hydrogen (secondary N) is 1. The Balaban J connectivity index is 1.25. The third-order valence-electron chi connectivity index (χ3n) is 7.79. The molecule has 7 heteroatoms. The van der Waals surface area contributed by atoms with Crippen LogP contribution in [-0.4, -0.2) is 51.2 Å². The molecule has 0 spiro atoms. The highest BCUT2D eigenvalue weighted by atomic mass is 16.5. The van der Waals surface area contributed by atoms with E-state index in [2.05, 4.69) is 45.4 Å². The lowest BCUT2D eigenvalue weighted by molar-refractivity contribution is 0.114. The molecule has 1 aliphatic heterocycles. The van der Waals surface area contributed by atoms with Gasteiger partial charge in [0, 0.05) is 48.9 Å². The van der Waals surface area contributed by atoms with Crippen LogP contribution in [0.5, 0.6) is 11.5 Å². The van der Waals surface area contributed by atoms with E-state index in [1.54, 1.807) is 6.33 Å². The molecule has 2 fully saturated rings. The number of hydrogen-bond acceptors (Lipinski definition) is 6. The molecule has 186 valence electrons. The van der Waals surface area contributed by atoms with E-state index in [9.17, 15) is 0 Å². The first-order chi connectivity index (χ1) is 17.7. The van der Waals surface area contributed by atoms with Crippen LogP contribution >= 0.6 is 0 Å². The molecule has 4 aromatic rings. The maximum atomic E-state index is 6.39. The highest BCUT2D eigenvalue weighted by Crippen LogP contribution is 2.40. The number of fused-ring (bicyclic) bond motifs is 1. The summed E-state index contributed by atoms with van der Waals surface area (Å²) in [6.45, 7) is 5.70. The van der Waals surface area contributed by atoms with Crippen molar-refractivity contribution in [1.29, 1.82) is 0 Å². The van der Waals surface area contributed by atoms with Crippen molar-refractivity contribution < 1.29 is 4.74 Å². The second-order valence-corrected chi connectivity index (χ2v) is 10.2. The summed E-state index contributed by atoms with van der Waals surface area (Å²) in [6.07, 6.45) is 6.36. The molecule has 3 heterocycles. The van der Waals surface area contributed by atoms with E-state index < -0.39 is 0 Å². The molecule has 36 heavy (non-hydrogen) atoms. The molecule has 0 radical (unpaired) electrons. The molecule has 2 aromatic carbocycles. The summed E-state index contributed by atoms with van der Waals surface area (Å²) in [5, 5.41) is 8.20. The van der Waals surface area contributed by atoms with Gasteiger partial charge in [0.25, 0.3) is 0 Å². The summed E-state index contributed by atoms with van der Waals surface area (Å²) in [7, 11) is 0. The number of piperazine rings is 1. The van der Waals surface area contributed by atoms with Crippen LogP contribution in [0.2, 0.25) is 0 Å². The van der Waals surface area contributed by atoms with Gasteiger partial charge in [0.15, 0.2) is 5.82 Å². The number of nitrogens with zero attached hydrogens (tertiary/aromatic N) is 4. The van der Waals surface area contributed by atoms with Crippen LogP contribution in [-0.2, 0) is 0 Å². The van der Waals surface area contributed by atoms with Gasteiger partial charge in [-0.25, -0.2) is 9.50 Å². The number of anilines is 1. The van der Waals surface area contributed by atoms with Crippen LogP contribution in [0.4, 0.5) is 5.82 Å². The maximum absolute atomic E-state index is 6.39. The topological polar surface area (TPSA) is 80.7 Å². The summed E-state index contributed by atoms with van der Waals surface area (Å²) < 4.78 is 8.02. The minimum absolute atomic E-state index is 0.470.